The molecule has 1 amide bonds. The van der Waals surface area contributed by atoms with E-state index in [2.05, 4.69) is 15.7 Å². The number of nitrogens with zero attached hydrogens (tertiary/aromatic N) is 2. The number of nitrogens with two attached hydrogens (primary N) is 1. The number of hydrogen-bond acceptors (Lipinski definition) is 5. The Morgan fingerprint density at radius 3 is 2.44 bits per heavy atom. The van der Waals surface area contributed by atoms with Crippen molar-refractivity contribution in [1.29, 1.82) is 0 Å². The SMILES string of the molecule is CN.CO.O=C(CCc1ccc(F)cc1)N1CCCC1.O=Cc1cc2cc(Cl)ncc2[nH]1. The van der Waals surface area contributed by atoms with Crippen LogP contribution >= 0.6 is 11.6 Å². The number of halogens is 2. The van der Waals surface area contributed by atoms with E-state index in [1.54, 1.807) is 30.5 Å². The lowest BCUT2D eigenvalue weighted by Gasteiger charge is -2.14. The molecule has 0 bridgehead atoms. The molecule has 2 aromatic heterocycles. The topological polar surface area (TPSA) is 112 Å². The summed E-state index contributed by atoms with van der Waals surface area (Å²) in [4.78, 5) is 30.8. The van der Waals surface area contributed by atoms with Crippen molar-refractivity contribution >= 4 is 34.7 Å². The Morgan fingerprint density at radius 2 is 1.84 bits per heavy atom. The second-order valence-electron chi connectivity index (χ2n) is 6.65. The van der Waals surface area contributed by atoms with Gasteiger partial charge in [0.15, 0.2) is 6.29 Å². The number of aryl methyl sites for hydroxylation is 1. The predicted molar refractivity (Wildman–Crippen MR) is 125 cm³/mol. The molecule has 0 unspecified atom stereocenters. The average molecular weight is 465 g/mol. The Labute approximate surface area is 192 Å². The summed E-state index contributed by atoms with van der Waals surface area (Å²) in [6.07, 6.45) is 5.85. The number of aromatic nitrogens is 2. The Bertz CT molecular complexity index is 958. The number of pyridine rings is 1. The number of benzene rings is 1. The molecule has 1 aliphatic heterocycles. The maximum atomic E-state index is 12.7. The molecule has 9 heteroatoms. The largest absolute Gasteiger partial charge is 0.400 e. The number of carbonyl (C=O) groups is 2. The normalized spacial score (nSPS) is 12.0. The molecule has 0 aliphatic carbocycles. The Hall–Kier alpha value is -2.81. The fourth-order valence-electron chi connectivity index (χ4n) is 3.12. The van der Waals surface area contributed by atoms with Crippen molar-refractivity contribution in [1.82, 2.24) is 14.9 Å². The van der Waals surface area contributed by atoms with E-state index in [1.807, 2.05) is 4.90 Å². The summed E-state index contributed by atoms with van der Waals surface area (Å²) < 4.78 is 12.7. The molecule has 174 valence electrons. The second kappa shape index (κ2) is 15.1. The number of likely N-dealkylation sites (tertiary alicyclic amines) is 1. The first-order valence-electron chi connectivity index (χ1n) is 10.2. The smallest absolute Gasteiger partial charge is 0.222 e. The highest BCUT2D eigenvalue weighted by Gasteiger charge is 2.17. The van der Waals surface area contributed by atoms with Crippen LogP contribution in [0.2, 0.25) is 5.15 Å². The molecular formula is C23H30ClFN4O3. The number of amides is 1. The zero-order chi connectivity index (χ0) is 23.9. The van der Waals surface area contributed by atoms with Gasteiger partial charge in [0.1, 0.15) is 11.0 Å². The third-order valence-corrected chi connectivity index (χ3v) is 4.83. The van der Waals surface area contributed by atoms with Gasteiger partial charge in [0.05, 0.1) is 17.4 Å². The molecule has 0 spiro atoms. The van der Waals surface area contributed by atoms with Gasteiger partial charge in [-0.25, -0.2) is 9.37 Å². The Balaban J connectivity index is 0.000000285. The lowest BCUT2D eigenvalue weighted by Crippen LogP contribution is -2.27. The van der Waals surface area contributed by atoms with Gasteiger partial charge in [-0.2, -0.15) is 0 Å². The van der Waals surface area contributed by atoms with E-state index < -0.39 is 0 Å². The number of aliphatic hydroxyl groups is 1. The van der Waals surface area contributed by atoms with Crippen LogP contribution in [0.3, 0.4) is 0 Å². The van der Waals surface area contributed by atoms with Gasteiger partial charge in [0.25, 0.3) is 0 Å². The summed E-state index contributed by atoms with van der Waals surface area (Å²) in [6, 6.07) is 9.81. The number of carbonyl (C=O) groups excluding carboxylic acids is 2. The van der Waals surface area contributed by atoms with Crippen LogP contribution in [0.25, 0.3) is 10.9 Å². The zero-order valence-electron chi connectivity index (χ0n) is 18.4. The van der Waals surface area contributed by atoms with Crippen LogP contribution in [0.15, 0.2) is 42.6 Å². The molecule has 7 nitrogen and oxygen atoms in total. The molecule has 0 atom stereocenters. The average Bonchev–Trinajstić information content (AvgIpc) is 3.51. The van der Waals surface area contributed by atoms with E-state index in [1.165, 1.54) is 19.2 Å². The molecule has 1 aliphatic rings. The first kappa shape index (κ1) is 27.2. The highest BCUT2D eigenvalue weighted by molar-refractivity contribution is 6.30. The first-order chi connectivity index (χ1) is 15.5. The molecule has 4 N–H and O–H groups in total. The number of H-pyrrole nitrogens is 1. The van der Waals surface area contributed by atoms with E-state index in [-0.39, 0.29) is 11.7 Å². The van der Waals surface area contributed by atoms with Crippen molar-refractivity contribution < 1.29 is 19.1 Å². The van der Waals surface area contributed by atoms with Crippen molar-refractivity contribution in [2.75, 3.05) is 27.2 Å². The number of fused-ring (bicyclic) bond motifs is 1. The maximum Gasteiger partial charge on any atom is 0.222 e. The van der Waals surface area contributed by atoms with Gasteiger partial charge in [0, 0.05) is 32.0 Å². The molecule has 0 saturated carbocycles. The number of aliphatic hydroxyl groups excluding tert-OH is 1. The number of aldehydes is 1. The molecule has 3 aromatic rings. The summed E-state index contributed by atoms with van der Waals surface area (Å²) in [5.74, 6) is -0.00329. The van der Waals surface area contributed by atoms with Crippen molar-refractivity contribution in [2.45, 2.75) is 25.7 Å². The minimum atomic E-state index is -0.227. The van der Waals surface area contributed by atoms with Crippen LogP contribution in [0, 0.1) is 5.82 Å². The van der Waals surface area contributed by atoms with Crippen LogP contribution in [0.4, 0.5) is 4.39 Å². The molecule has 0 radical (unpaired) electrons. The van der Waals surface area contributed by atoms with Gasteiger partial charge in [0.2, 0.25) is 5.91 Å². The minimum Gasteiger partial charge on any atom is -0.400 e. The monoisotopic (exact) mass is 464 g/mol. The van der Waals surface area contributed by atoms with Crippen LogP contribution in [0.5, 0.6) is 0 Å². The van der Waals surface area contributed by atoms with Gasteiger partial charge in [-0.05, 0) is 56.1 Å². The lowest BCUT2D eigenvalue weighted by molar-refractivity contribution is -0.130. The summed E-state index contributed by atoms with van der Waals surface area (Å²) in [5.41, 5.74) is 6.88. The van der Waals surface area contributed by atoms with Crippen LogP contribution in [-0.2, 0) is 11.2 Å². The summed E-state index contributed by atoms with van der Waals surface area (Å²) >= 11 is 5.66. The molecule has 1 fully saturated rings. The van der Waals surface area contributed by atoms with Crippen molar-refractivity contribution in [3.8, 4) is 0 Å². The fraction of sp³-hybridized carbons (Fsp3) is 0.348. The summed E-state index contributed by atoms with van der Waals surface area (Å²) in [5, 5.41) is 8.33. The Kier molecular flexibility index (Phi) is 12.8. The second-order valence-corrected chi connectivity index (χ2v) is 7.04. The van der Waals surface area contributed by atoms with Crippen LogP contribution in [0.1, 0.15) is 35.3 Å². The molecule has 1 aromatic carbocycles. The molecule has 1 saturated heterocycles. The van der Waals surface area contributed by atoms with E-state index in [0.29, 0.717) is 23.7 Å². The summed E-state index contributed by atoms with van der Waals surface area (Å²) in [7, 11) is 2.50. The number of rotatable bonds is 4. The van der Waals surface area contributed by atoms with Gasteiger partial charge in [-0.3, -0.25) is 9.59 Å². The third kappa shape index (κ3) is 8.74. The van der Waals surface area contributed by atoms with Crippen LogP contribution < -0.4 is 5.73 Å². The van der Waals surface area contributed by atoms with Gasteiger partial charge >= 0.3 is 0 Å². The van der Waals surface area contributed by atoms with E-state index >= 15 is 0 Å². The Morgan fingerprint density at radius 1 is 1.22 bits per heavy atom. The fourth-order valence-corrected chi connectivity index (χ4v) is 3.28. The molecule has 3 heterocycles. The van der Waals surface area contributed by atoms with Crippen molar-refractivity contribution in [3.63, 3.8) is 0 Å². The molecular weight excluding hydrogens is 435 g/mol. The zero-order valence-corrected chi connectivity index (χ0v) is 19.1. The van der Waals surface area contributed by atoms with Gasteiger partial charge in [-0.1, -0.05) is 23.7 Å². The van der Waals surface area contributed by atoms with E-state index in [9.17, 15) is 14.0 Å². The third-order valence-electron chi connectivity index (χ3n) is 4.62. The highest BCUT2D eigenvalue weighted by Crippen LogP contribution is 2.16. The first-order valence-corrected chi connectivity index (χ1v) is 10.6. The van der Waals surface area contributed by atoms with E-state index in [0.717, 1.165) is 55.8 Å². The summed E-state index contributed by atoms with van der Waals surface area (Å²) in [6.45, 7) is 1.81. The standard InChI is InChI=1S/C13H16FNO.C8H5ClN2O.CH5N.CH4O/c14-12-6-3-11(4-7-12)5-8-13(16)15-9-1-2-10-15;9-8-2-5-1-6(4-12)11-7(5)3-10-8;2*1-2/h3-4,6-7H,1-2,5,8-10H2;1-4,11H;2H2,1H3;2H,1H3. The maximum absolute atomic E-state index is 12.7. The number of hydrogen-bond donors (Lipinski definition) is 3. The predicted octanol–water partition coefficient (Wildman–Crippen LogP) is 3.59. The van der Waals surface area contributed by atoms with Crippen molar-refractivity contribution in [2.24, 2.45) is 5.73 Å². The number of nitrogens with one attached hydrogen (secondary N) is 1. The molecule has 4 rings (SSSR count). The lowest BCUT2D eigenvalue weighted by atomic mass is 10.1. The molecule has 32 heavy (non-hydrogen) atoms. The van der Waals surface area contributed by atoms with Gasteiger partial charge < -0.3 is 20.7 Å². The van der Waals surface area contributed by atoms with Gasteiger partial charge in [-0.15, -0.1) is 0 Å². The highest BCUT2D eigenvalue weighted by atomic mass is 35.5. The van der Waals surface area contributed by atoms with Crippen LogP contribution in [-0.4, -0.2) is 59.4 Å². The van der Waals surface area contributed by atoms with E-state index in [4.69, 9.17) is 16.7 Å². The van der Waals surface area contributed by atoms with Crippen molar-refractivity contribution in [3.05, 3.63) is 64.8 Å². The number of aromatic amines is 1. The minimum absolute atomic E-state index is 0.224. The quantitative estimate of drug-likeness (QED) is 0.403.